The number of rotatable bonds is 6. The summed E-state index contributed by atoms with van der Waals surface area (Å²) in [5.74, 6) is 0.104. The highest BCUT2D eigenvalue weighted by molar-refractivity contribution is 5.95. The van der Waals surface area contributed by atoms with Crippen LogP contribution in [0.1, 0.15) is 10.4 Å². The minimum atomic E-state index is -0.117. The third kappa shape index (κ3) is 4.57. The van der Waals surface area contributed by atoms with Crippen LogP contribution in [0.15, 0.2) is 73.1 Å². The van der Waals surface area contributed by atoms with E-state index in [0.717, 1.165) is 16.8 Å². The predicted molar refractivity (Wildman–Crippen MR) is 98.6 cm³/mol. The molecule has 3 N–H and O–H groups in total. The quantitative estimate of drug-likeness (QED) is 0.605. The molecule has 0 aliphatic carbocycles. The first-order valence-corrected chi connectivity index (χ1v) is 8.04. The number of carbonyl (C=O) groups is 1. The van der Waals surface area contributed by atoms with Gasteiger partial charge in [-0.1, -0.05) is 24.3 Å². The number of phenols is 1. The lowest BCUT2D eigenvalue weighted by atomic mass is 10.0. The fourth-order valence-corrected chi connectivity index (χ4v) is 2.45. The van der Waals surface area contributed by atoms with Crippen molar-refractivity contribution in [2.24, 2.45) is 0 Å². The van der Waals surface area contributed by atoms with Crippen molar-refractivity contribution in [2.45, 2.75) is 0 Å². The zero-order valence-electron chi connectivity index (χ0n) is 13.6. The summed E-state index contributed by atoms with van der Waals surface area (Å²) in [6.07, 6.45) is 3.46. The number of nitrogens with zero attached hydrogens (tertiary/aromatic N) is 1. The molecule has 0 radical (unpaired) electrons. The van der Waals surface area contributed by atoms with Gasteiger partial charge in [-0.2, -0.15) is 0 Å². The molecule has 0 bridgehead atoms. The van der Waals surface area contributed by atoms with E-state index in [4.69, 9.17) is 0 Å². The van der Waals surface area contributed by atoms with Crippen LogP contribution in [0.25, 0.3) is 11.1 Å². The Labute approximate surface area is 146 Å². The number of amides is 1. The van der Waals surface area contributed by atoms with Gasteiger partial charge in [-0.05, 0) is 47.5 Å². The van der Waals surface area contributed by atoms with Crippen molar-refractivity contribution in [2.75, 3.05) is 18.4 Å². The van der Waals surface area contributed by atoms with Crippen molar-refractivity contribution in [3.05, 3.63) is 78.6 Å². The van der Waals surface area contributed by atoms with E-state index in [1.807, 2.05) is 42.5 Å². The minimum Gasteiger partial charge on any atom is -0.508 e. The van der Waals surface area contributed by atoms with Crippen LogP contribution in [0.4, 0.5) is 5.69 Å². The lowest BCUT2D eigenvalue weighted by molar-refractivity contribution is 0.0955. The van der Waals surface area contributed by atoms with E-state index in [1.54, 1.807) is 30.6 Å². The predicted octanol–water partition coefficient (Wildman–Crippen LogP) is 3.30. The van der Waals surface area contributed by atoms with Crippen LogP contribution in [0.2, 0.25) is 0 Å². The molecule has 3 rings (SSSR count). The Kier molecular flexibility index (Phi) is 5.26. The van der Waals surface area contributed by atoms with Gasteiger partial charge in [-0.25, -0.2) is 0 Å². The monoisotopic (exact) mass is 333 g/mol. The highest BCUT2D eigenvalue weighted by Gasteiger charge is 2.06. The molecule has 1 heterocycles. The molecule has 2 aromatic carbocycles. The molecule has 0 atom stereocenters. The van der Waals surface area contributed by atoms with Crippen LogP contribution in [0.5, 0.6) is 5.75 Å². The number of anilines is 1. The largest absolute Gasteiger partial charge is 0.508 e. The summed E-state index contributed by atoms with van der Waals surface area (Å²) >= 11 is 0. The Hall–Kier alpha value is -3.34. The van der Waals surface area contributed by atoms with E-state index in [9.17, 15) is 9.90 Å². The molecule has 1 amide bonds. The summed E-state index contributed by atoms with van der Waals surface area (Å²) in [5.41, 5.74) is 3.41. The van der Waals surface area contributed by atoms with Gasteiger partial charge in [-0.15, -0.1) is 0 Å². The first-order chi connectivity index (χ1) is 12.2. The molecule has 0 unspecified atom stereocenters. The van der Waals surface area contributed by atoms with E-state index in [0.29, 0.717) is 18.7 Å². The fourth-order valence-electron chi connectivity index (χ4n) is 2.45. The average Bonchev–Trinajstić information content (AvgIpc) is 2.66. The van der Waals surface area contributed by atoms with Crippen molar-refractivity contribution in [1.29, 1.82) is 0 Å². The van der Waals surface area contributed by atoms with E-state index in [-0.39, 0.29) is 11.7 Å². The van der Waals surface area contributed by atoms with E-state index >= 15 is 0 Å². The second-order valence-corrected chi connectivity index (χ2v) is 5.55. The van der Waals surface area contributed by atoms with Gasteiger partial charge in [-0.3, -0.25) is 9.78 Å². The topological polar surface area (TPSA) is 74.2 Å². The molecule has 0 spiro atoms. The lowest BCUT2D eigenvalue weighted by Crippen LogP contribution is -2.28. The normalized spacial score (nSPS) is 10.2. The fraction of sp³-hybridized carbons (Fsp3) is 0.100. The van der Waals surface area contributed by atoms with Gasteiger partial charge in [0.25, 0.3) is 5.91 Å². The van der Waals surface area contributed by atoms with Crippen LogP contribution < -0.4 is 10.6 Å². The molecule has 3 aromatic rings. The number of hydrogen-bond acceptors (Lipinski definition) is 4. The third-order valence-corrected chi connectivity index (χ3v) is 3.73. The maximum Gasteiger partial charge on any atom is 0.251 e. The van der Waals surface area contributed by atoms with Crippen LogP contribution in [0.3, 0.4) is 0 Å². The maximum atomic E-state index is 12.3. The second kappa shape index (κ2) is 7.97. The van der Waals surface area contributed by atoms with Crippen molar-refractivity contribution < 1.29 is 9.90 Å². The molecule has 1 aromatic heterocycles. The summed E-state index contributed by atoms with van der Waals surface area (Å²) in [6, 6.07) is 18.1. The zero-order chi connectivity index (χ0) is 17.5. The smallest absolute Gasteiger partial charge is 0.251 e. The summed E-state index contributed by atoms with van der Waals surface area (Å²) in [5, 5.41) is 15.5. The van der Waals surface area contributed by atoms with Gasteiger partial charge in [0.2, 0.25) is 0 Å². The number of carbonyl (C=O) groups excluding carboxylic acids is 1. The van der Waals surface area contributed by atoms with Gasteiger partial charge in [0.1, 0.15) is 5.75 Å². The maximum absolute atomic E-state index is 12.3. The van der Waals surface area contributed by atoms with E-state index in [1.165, 1.54) is 0 Å². The SMILES string of the molecule is O=C(NCCNc1cccnc1)c1cccc(-c2ccc(O)cc2)c1. The number of pyridine rings is 1. The Morgan fingerprint density at radius 3 is 2.56 bits per heavy atom. The number of aromatic nitrogens is 1. The molecule has 5 nitrogen and oxygen atoms in total. The Morgan fingerprint density at radius 1 is 0.960 bits per heavy atom. The average molecular weight is 333 g/mol. The molecular formula is C20H19N3O2. The summed E-state index contributed by atoms with van der Waals surface area (Å²) < 4.78 is 0. The lowest BCUT2D eigenvalue weighted by Gasteiger charge is -2.09. The van der Waals surface area contributed by atoms with Crippen molar-refractivity contribution >= 4 is 11.6 Å². The van der Waals surface area contributed by atoms with Gasteiger partial charge in [0, 0.05) is 31.0 Å². The molecule has 0 aliphatic heterocycles. The molecule has 126 valence electrons. The first-order valence-electron chi connectivity index (χ1n) is 8.04. The van der Waals surface area contributed by atoms with Crippen molar-refractivity contribution in [3.63, 3.8) is 0 Å². The molecule has 0 aliphatic rings. The van der Waals surface area contributed by atoms with Crippen molar-refractivity contribution in [1.82, 2.24) is 10.3 Å². The molecule has 0 saturated heterocycles. The highest BCUT2D eigenvalue weighted by Crippen LogP contribution is 2.22. The number of hydrogen-bond donors (Lipinski definition) is 3. The summed E-state index contributed by atoms with van der Waals surface area (Å²) in [4.78, 5) is 16.3. The number of benzene rings is 2. The van der Waals surface area contributed by atoms with Crippen LogP contribution in [-0.2, 0) is 0 Å². The van der Waals surface area contributed by atoms with Crippen molar-refractivity contribution in [3.8, 4) is 16.9 Å². The molecular weight excluding hydrogens is 314 g/mol. The third-order valence-electron chi connectivity index (χ3n) is 3.73. The molecule has 0 fully saturated rings. The number of aromatic hydroxyl groups is 1. The first kappa shape index (κ1) is 16.5. The van der Waals surface area contributed by atoms with Gasteiger partial charge in [0.15, 0.2) is 0 Å². The Morgan fingerprint density at radius 2 is 1.80 bits per heavy atom. The molecule has 5 heteroatoms. The number of phenolic OH excluding ortho intramolecular Hbond substituents is 1. The second-order valence-electron chi connectivity index (χ2n) is 5.55. The number of nitrogens with one attached hydrogen (secondary N) is 2. The van der Waals surface area contributed by atoms with E-state index in [2.05, 4.69) is 15.6 Å². The van der Waals surface area contributed by atoms with Crippen LogP contribution in [0, 0.1) is 0 Å². The summed E-state index contributed by atoms with van der Waals surface area (Å²) in [6.45, 7) is 1.13. The Bertz CT molecular complexity index is 833. The molecule has 25 heavy (non-hydrogen) atoms. The molecule has 0 saturated carbocycles. The van der Waals surface area contributed by atoms with Gasteiger partial charge < -0.3 is 15.7 Å². The van der Waals surface area contributed by atoms with Gasteiger partial charge in [0.05, 0.1) is 5.69 Å². The van der Waals surface area contributed by atoms with Crippen LogP contribution >= 0.6 is 0 Å². The standard InChI is InChI=1S/C20H19N3O2/c24-19-8-6-15(7-9-19)16-3-1-4-17(13-16)20(25)23-12-11-22-18-5-2-10-21-14-18/h1-10,13-14,22,24H,11-12H2,(H,23,25). The van der Waals surface area contributed by atoms with Gasteiger partial charge >= 0.3 is 0 Å². The summed E-state index contributed by atoms with van der Waals surface area (Å²) in [7, 11) is 0. The van der Waals surface area contributed by atoms with Crippen LogP contribution in [-0.4, -0.2) is 29.1 Å². The van der Waals surface area contributed by atoms with E-state index < -0.39 is 0 Å². The highest BCUT2D eigenvalue weighted by atomic mass is 16.3. The zero-order valence-corrected chi connectivity index (χ0v) is 13.6. The minimum absolute atomic E-state index is 0.117. The Balaban J connectivity index is 1.57.